The average Bonchev–Trinajstić information content (AvgIpc) is 3.43. The standard InChI is InChI=1S/C22H30FN7O3S/c1-33-9-3-8-30(19-5-2-4-18-16(19)12-25-29-18)21-17(23)13-24-22(28-21)27-15-7-6-14-11-26-34(31,32)20(14)10-15/h6-7,10,13,16,18-19,25-26,29H,2-5,8-9,11-12H2,1H3,(H,24,27,28). The van der Waals surface area contributed by atoms with E-state index >= 15 is 4.39 Å². The van der Waals surface area contributed by atoms with Crippen molar-refractivity contribution in [2.75, 3.05) is 37.0 Å². The number of hydrogen-bond acceptors (Lipinski definition) is 9. The number of nitrogens with zero attached hydrogens (tertiary/aromatic N) is 3. The molecule has 1 aromatic heterocycles. The normalized spacial score (nSPS) is 25.1. The predicted molar refractivity (Wildman–Crippen MR) is 126 cm³/mol. The predicted octanol–water partition coefficient (Wildman–Crippen LogP) is 1.64. The van der Waals surface area contributed by atoms with E-state index in [1.54, 1.807) is 25.3 Å². The topological polar surface area (TPSA) is 121 Å². The van der Waals surface area contributed by atoms with Crippen LogP contribution in [0.3, 0.4) is 0 Å². The summed E-state index contributed by atoms with van der Waals surface area (Å²) in [5, 5.41) is 3.05. The zero-order valence-corrected chi connectivity index (χ0v) is 19.9. The lowest BCUT2D eigenvalue weighted by Gasteiger charge is -2.41. The molecule has 184 valence electrons. The van der Waals surface area contributed by atoms with Gasteiger partial charge in [0.15, 0.2) is 11.6 Å². The SMILES string of the molecule is COCCCN(c1nc(Nc2ccc3c(c2)S(=O)(=O)NC3)ncc1F)C1CCCC2NNCC21. The summed E-state index contributed by atoms with van der Waals surface area (Å²) in [4.78, 5) is 11.0. The fourth-order valence-corrected chi connectivity index (χ4v) is 6.50. The number of anilines is 3. The number of rotatable bonds is 8. The van der Waals surface area contributed by atoms with Gasteiger partial charge in [-0.15, -0.1) is 0 Å². The number of hydrogen-bond donors (Lipinski definition) is 4. The quantitative estimate of drug-likeness (QED) is 0.409. The van der Waals surface area contributed by atoms with Gasteiger partial charge < -0.3 is 15.0 Å². The molecule has 3 atom stereocenters. The van der Waals surface area contributed by atoms with Gasteiger partial charge in [0.25, 0.3) is 0 Å². The molecule has 2 fully saturated rings. The lowest BCUT2D eigenvalue weighted by Crippen LogP contribution is -2.50. The maximum absolute atomic E-state index is 15.1. The molecule has 0 bridgehead atoms. The highest BCUT2D eigenvalue weighted by Crippen LogP contribution is 2.34. The lowest BCUT2D eigenvalue weighted by molar-refractivity contribution is 0.192. The number of aromatic nitrogens is 2. The Hall–Kier alpha value is -2.38. The van der Waals surface area contributed by atoms with Gasteiger partial charge in [-0.3, -0.25) is 10.9 Å². The Balaban J connectivity index is 1.43. The number of benzene rings is 1. The smallest absolute Gasteiger partial charge is 0.241 e. The van der Waals surface area contributed by atoms with Gasteiger partial charge in [0.05, 0.1) is 11.1 Å². The highest BCUT2D eigenvalue weighted by atomic mass is 32.2. The average molecular weight is 492 g/mol. The van der Waals surface area contributed by atoms with Gasteiger partial charge in [-0.1, -0.05) is 6.07 Å². The van der Waals surface area contributed by atoms with Gasteiger partial charge in [-0.2, -0.15) is 4.98 Å². The summed E-state index contributed by atoms with van der Waals surface area (Å²) in [6, 6.07) is 5.55. The van der Waals surface area contributed by atoms with Gasteiger partial charge in [-0.05, 0) is 43.4 Å². The van der Waals surface area contributed by atoms with E-state index in [-0.39, 0.29) is 29.2 Å². The van der Waals surface area contributed by atoms with E-state index < -0.39 is 15.8 Å². The third-order valence-electron chi connectivity index (χ3n) is 6.86. The molecule has 2 aromatic rings. The number of methoxy groups -OCH3 is 1. The minimum absolute atomic E-state index is 0.131. The second-order valence-electron chi connectivity index (χ2n) is 8.97. The summed E-state index contributed by atoms with van der Waals surface area (Å²) in [5.74, 6) is 0.328. The Kier molecular flexibility index (Phi) is 6.67. The molecule has 10 nitrogen and oxygen atoms in total. The van der Waals surface area contributed by atoms with Crippen LogP contribution >= 0.6 is 0 Å². The zero-order valence-electron chi connectivity index (χ0n) is 19.1. The molecule has 0 spiro atoms. The van der Waals surface area contributed by atoms with Gasteiger partial charge >= 0.3 is 0 Å². The van der Waals surface area contributed by atoms with Crippen molar-refractivity contribution < 1.29 is 17.5 Å². The third kappa shape index (κ3) is 4.60. The van der Waals surface area contributed by atoms with Crippen LogP contribution in [0.15, 0.2) is 29.3 Å². The molecule has 0 amide bonds. The summed E-state index contributed by atoms with van der Waals surface area (Å²) in [6.45, 7) is 2.28. The number of ether oxygens (including phenoxy) is 1. The summed E-state index contributed by atoms with van der Waals surface area (Å²) in [7, 11) is -1.85. The van der Waals surface area contributed by atoms with Crippen molar-refractivity contribution >= 4 is 27.5 Å². The molecule has 34 heavy (non-hydrogen) atoms. The van der Waals surface area contributed by atoms with Crippen molar-refractivity contribution in [1.82, 2.24) is 25.5 Å². The van der Waals surface area contributed by atoms with Crippen molar-refractivity contribution in [2.24, 2.45) is 5.92 Å². The van der Waals surface area contributed by atoms with Crippen molar-refractivity contribution in [2.45, 2.75) is 49.2 Å². The minimum atomic E-state index is -3.51. The molecule has 1 aromatic carbocycles. The van der Waals surface area contributed by atoms with E-state index in [0.717, 1.165) is 32.2 Å². The first-order valence-corrected chi connectivity index (χ1v) is 13.1. The largest absolute Gasteiger partial charge is 0.385 e. The number of sulfonamides is 1. The van der Waals surface area contributed by atoms with E-state index in [0.29, 0.717) is 36.4 Å². The second-order valence-corrected chi connectivity index (χ2v) is 10.7. The molecule has 4 N–H and O–H groups in total. The zero-order chi connectivity index (χ0) is 23.7. The van der Waals surface area contributed by atoms with Gasteiger partial charge in [-0.25, -0.2) is 22.5 Å². The van der Waals surface area contributed by atoms with Crippen molar-refractivity contribution in [1.29, 1.82) is 0 Å². The van der Waals surface area contributed by atoms with Gasteiger partial charge in [0.1, 0.15) is 0 Å². The first-order valence-electron chi connectivity index (χ1n) is 11.6. The Morgan fingerprint density at radius 1 is 1.32 bits per heavy atom. The number of halogens is 1. The third-order valence-corrected chi connectivity index (χ3v) is 8.35. The molecular weight excluding hydrogens is 461 g/mol. The molecular formula is C22H30FN7O3S. The maximum atomic E-state index is 15.1. The first-order chi connectivity index (χ1) is 16.5. The number of fused-ring (bicyclic) bond motifs is 2. The minimum Gasteiger partial charge on any atom is -0.385 e. The lowest BCUT2D eigenvalue weighted by atomic mass is 9.80. The van der Waals surface area contributed by atoms with Crippen LogP contribution in [0.4, 0.5) is 21.8 Å². The monoisotopic (exact) mass is 491 g/mol. The van der Waals surface area contributed by atoms with E-state index in [1.165, 1.54) is 6.20 Å². The van der Waals surface area contributed by atoms with Crippen LogP contribution in [0.1, 0.15) is 31.2 Å². The van der Waals surface area contributed by atoms with Crippen LogP contribution in [-0.2, 0) is 21.3 Å². The van der Waals surface area contributed by atoms with Crippen LogP contribution in [-0.4, -0.2) is 57.3 Å². The van der Waals surface area contributed by atoms with Crippen molar-refractivity contribution in [3.63, 3.8) is 0 Å². The highest BCUT2D eigenvalue weighted by molar-refractivity contribution is 7.89. The molecule has 5 rings (SSSR count). The van der Waals surface area contributed by atoms with E-state index in [1.807, 2.05) is 0 Å². The molecule has 2 aliphatic heterocycles. The summed E-state index contributed by atoms with van der Waals surface area (Å²) in [5.41, 5.74) is 7.85. The molecule has 12 heteroatoms. The Labute approximate surface area is 198 Å². The van der Waals surface area contributed by atoms with Crippen molar-refractivity contribution in [3.8, 4) is 0 Å². The number of nitrogens with one attached hydrogen (secondary N) is 4. The Morgan fingerprint density at radius 2 is 2.21 bits per heavy atom. The second kappa shape index (κ2) is 9.70. The highest BCUT2D eigenvalue weighted by Gasteiger charge is 2.40. The first kappa shape index (κ1) is 23.4. The molecule has 1 aliphatic carbocycles. The molecule has 3 unspecified atom stereocenters. The Morgan fingerprint density at radius 3 is 3.06 bits per heavy atom. The fourth-order valence-electron chi connectivity index (χ4n) is 5.23. The summed E-state index contributed by atoms with van der Waals surface area (Å²) in [6.07, 6.45) is 5.02. The maximum Gasteiger partial charge on any atom is 0.241 e. The molecule has 1 saturated heterocycles. The summed E-state index contributed by atoms with van der Waals surface area (Å²) >= 11 is 0. The summed E-state index contributed by atoms with van der Waals surface area (Å²) < 4.78 is 47.2. The Bertz CT molecular complexity index is 1150. The molecule has 3 heterocycles. The van der Waals surface area contributed by atoms with E-state index in [2.05, 4.69) is 35.8 Å². The molecule has 3 aliphatic rings. The van der Waals surface area contributed by atoms with Crippen LogP contribution in [0.2, 0.25) is 0 Å². The van der Waals surface area contributed by atoms with Crippen LogP contribution in [0.25, 0.3) is 0 Å². The van der Waals surface area contributed by atoms with Crippen LogP contribution < -0.4 is 25.8 Å². The number of hydrazine groups is 1. The van der Waals surface area contributed by atoms with Crippen LogP contribution in [0.5, 0.6) is 0 Å². The molecule has 1 saturated carbocycles. The molecule has 0 radical (unpaired) electrons. The van der Waals surface area contributed by atoms with Crippen molar-refractivity contribution in [3.05, 3.63) is 35.8 Å². The fraction of sp³-hybridized carbons (Fsp3) is 0.545. The van der Waals surface area contributed by atoms with Gasteiger partial charge in [0, 0.05) is 57.0 Å². The van der Waals surface area contributed by atoms with E-state index in [9.17, 15) is 8.42 Å². The van der Waals surface area contributed by atoms with Crippen LogP contribution in [0, 0.1) is 11.7 Å². The van der Waals surface area contributed by atoms with E-state index in [4.69, 9.17) is 4.74 Å². The van der Waals surface area contributed by atoms with Gasteiger partial charge in [0.2, 0.25) is 16.0 Å².